The number of hydrogen-bond donors (Lipinski definition) is 3. The summed E-state index contributed by atoms with van der Waals surface area (Å²) in [5.74, 6) is -0.274. The molecule has 0 fully saturated rings. The van der Waals surface area contributed by atoms with E-state index in [4.69, 9.17) is 4.74 Å². The lowest BCUT2D eigenvalue weighted by Gasteiger charge is -2.10. The Kier molecular flexibility index (Phi) is 5.56. The number of likely N-dealkylation sites (N-methyl/N-ethyl adjacent to an activating group) is 1. The van der Waals surface area contributed by atoms with Gasteiger partial charge in [0.05, 0.1) is 5.56 Å². The molecule has 0 bridgehead atoms. The molecule has 6 heteroatoms. The number of carbonyl (C=O) groups excluding carboxylic acids is 2. The summed E-state index contributed by atoms with van der Waals surface area (Å²) in [7, 11) is 0. The van der Waals surface area contributed by atoms with E-state index in [9.17, 15) is 14.7 Å². The number of carbonyl (C=O) groups is 2. The third kappa shape index (κ3) is 4.55. The first kappa shape index (κ1) is 18.3. The summed E-state index contributed by atoms with van der Waals surface area (Å²) in [6.07, 6.45) is 0. The van der Waals surface area contributed by atoms with Crippen molar-refractivity contribution >= 4 is 28.3 Å². The number of aromatic hydroxyl groups is 1. The summed E-state index contributed by atoms with van der Waals surface area (Å²) in [6, 6.07) is 17.4. The van der Waals surface area contributed by atoms with Crippen LogP contribution in [0.25, 0.3) is 10.8 Å². The predicted octanol–water partition coefficient (Wildman–Crippen LogP) is 3.31. The molecule has 3 aromatic carbocycles. The van der Waals surface area contributed by atoms with Crippen molar-refractivity contribution in [3.63, 3.8) is 0 Å². The lowest BCUT2D eigenvalue weighted by atomic mass is 10.1. The van der Waals surface area contributed by atoms with Gasteiger partial charge in [0.2, 0.25) is 0 Å². The van der Waals surface area contributed by atoms with Crippen LogP contribution in [0, 0.1) is 0 Å². The second-order valence-corrected chi connectivity index (χ2v) is 5.94. The Morgan fingerprint density at radius 1 is 1.00 bits per heavy atom. The highest BCUT2D eigenvalue weighted by Crippen LogP contribution is 2.26. The number of anilines is 1. The summed E-state index contributed by atoms with van der Waals surface area (Å²) < 4.78 is 5.42. The zero-order valence-corrected chi connectivity index (χ0v) is 14.9. The van der Waals surface area contributed by atoms with Gasteiger partial charge in [0.1, 0.15) is 11.5 Å². The minimum Gasteiger partial charge on any atom is -0.507 e. The average molecular weight is 364 g/mol. The van der Waals surface area contributed by atoms with Crippen molar-refractivity contribution in [1.82, 2.24) is 5.32 Å². The van der Waals surface area contributed by atoms with E-state index in [1.165, 1.54) is 0 Å². The second-order valence-electron chi connectivity index (χ2n) is 5.94. The van der Waals surface area contributed by atoms with Crippen LogP contribution in [0.15, 0.2) is 60.7 Å². The Labute approximate surface area is 156 Å². The van der Waals surface area contributed by atoms with Gasteiger partial charge in [0.25, 0.3) is 11.8 Å². The second kappa shape index (κ2) is 8.23. The van der Waals surface area contributed by atoms with Crippen molar-refractivity contribution in [2.75, 3.05) is 18.5 Å². The lowest BCUT2D eigenvalue weighted by molar-refractivity contribution is -0.122. The number of nitrogens with one attached hydrogen (secondary N) is 2. The van der Waals surface area contributed by atoms with Crippen LogP contribution in [0.3, 0.4) is 0 Å². The van der Waals surface area contributed by atoms with Crippen LogP contribution >= 0.6 is 0 Å². The van der Waals surface area contributed by atoms with Gasteiger partial charge in [-0.3, -0.25) is 9.59 Å². The molecule has 0 radical (unpaired) electrons. The number of benzene rings is 3. The van der Waals surface area contributed by atoms with Gasteiger partial charge in [0, 0.05) is 18.3 Å². The van der Waals surface area contributed by atoms with E-state index in [1.54, 1.807) is 36.4 Å². The van der Waals surface area contributed by atoms with Gasteiger partial charge in [-0.05, 0) is 42.0 Å². The van der Waals surface area contributed by atoms with Gasteiger partial charge in [0.15, 0.2) is 6.61 Å². The molecule has 138 valence electrons. The first-order valence-electron chi connectivity index (χ1n) is 8.59. The van der Waals surface area contributed by atoms with Crippen LogP contribution in [0.4, 0.5) is 5.69 Å². The van der Waals surface area contributed by atoms with Crippen molar-refractivity contribution in [2.45, 2.75) is 6.92 Å². The SMILES string of the molecule is CCNC(=O)COc1cccc(NC(=O)c2cc3ccccc3cc2O)c1. The first-order valence-corrected chi connectivity index (χ1v) is 8.59. The molecular weight excluding hydrogens is 344 g/mol. The molecule has 0 heterocycles. The summed E-state index contributed by atoms with van der Waals surface area (Å²) in [5, 5.41) is 17.3. The number of ether oxygens (including phenoxy) is 1. The van der Waals surface area contributed by atoms with Crippen molar-refractivity contribution in [3.05, 3.63) is 66.2 Å². The molecule has 0 aromatic heterocycles. The topological polar surface area (TPSA) is 87.7 Å². The molecule has 3 N–H and O–H groups in total. The van der Waals surface area contributed by atoms with E-state index in [0.717, 1.165) is 10.8 Å². The maximum absolute atomic E-state index is 12.6. The van der Waals surface area contributed by atoms with E-state index in [2.05, 4.69) is 10.6 Å². The van der Waals surface area contributed by atoms with Gasteiger partial charge in [-0.1, -0.05) is 30.3 Å². The zero-order chi connectivity index (χ0) is 19.2. The maximum Gasteiger partial charge on any atom is 0.259 e. The summed E-state index contributed by atoms with van der Waals surface area (Å²) in [6.45, 7) is 2.26. The predicted molar refractivity (Wildman–Crippen MR) is 104 cm³/mol. The number of fused-ring (bicyclic) bond motifs is 1. The molecule has 0 atom stereocenters. The van der Waals surface area contributed by atoms with Crippen molar-refractivity contribution < 1.29 is 19.4 Å². The Morgan fingerprint density at radius 2 is 1.74 bits per heavy atom. The Morgan fingerprint density at radius 3 is 2.48 bits per heavy atom. The highest BCUT2D eigenvalue weighted by atomic mass is 16.5. The molecule has 0 spiro atoms. The average Bonchev–Trinajstić information content (AvgIpc) is 2.66. The first-order chi connectivity index (χ1) is 13.1. The van der Waals surface area contributed by atoms with E-state index in [0.29, 0.717) is 18.0 Å². The molecule has 0 aliphatic heterocycles. The van der Waals surface area contributed by atoms with Crippen LogP contribution in [0.5, 0.6) is 11.5 Å². The van der Waals surface area contributed by atoms with Gasteiger partial charge < -0.3 is 20.5 Å². The quantitative estimate of drug-likeness (QED) is 0.626. The number of phenolic OH excluding ortho intramolecular Hbond substituents is 1. The summed E-state index contributed by atoms with van der Waals surface area (Å²) in [5.41, 5.74) is 0.684. The molecule has 27 heavy (non-hydrogen) atoms. The van der Waals surface area contributed by atoms with Crippen molar-refractivity contribution in [2.24, 2.45) is 0 Å². The molecule has 0 saturated carbocycles. The van der Waals surface area contributed by atoms with E-state index in [-0.39, 0.29) is 23.8 Å². The zero-order valence-electron chi connectivity index (χ0n) is 14.9. The fourth-order valence-corrected chi connectivity index (χ4v) is 2.67. The fraction of sp³-hybridized carbons (Fsp3) is 0.143. The monoisotopic (exact) mass is 364 g/mol. The van der Waals surface area contributed by atoms with Gasteiger partial charge in [-0.15, -0.1) is 0 Å². The van der Waals surface area contributed by atoms with Crippen LogP contribution < -0.4 is 15.4 Å². The van der Waals surface area contributed by atoms with E-state index < -0.39 is 5.91 Å². The highest BCUT2D eigenvalue weighted by molar-refractivity contribution is 6.08. The smallest absolute Gasteiger partial charge is 0.259 e. The molecule has 6 nitrogen and oxygen atoms in total. The minimum absolute atomic E-state index is 0.0881. The van der Waals surface area contributed by atoms with Crippen molar-refractivity contribution in [3.8, 4) is 11.5 Å². The van der Waals surface area contributed by atoms with Crippen LogP contribution in [0.1, 0.15) is 17.3 Å². The molecule has 0 unspecified atom stereocenters. The van der Waals surface area contributed by atoms with Gasteiger partial charge >= 0.3 is 0 Å². The summed E-state index contributed by atoms with van der Waals surface area (Å²) >= 11 is 0. The third-order valence-electron chi connectivity index (χ3n) is 3.94. The number of rotatable bonds is 6. The summed E-state index contributed by atoms with van der Waals surface area (Å²) in [4.78, 5) is 24.0. The van der Waals surface area contributed by atoms with Crippen LogP contribution in [-0.4, -0.2) is 30.1 Å². The molecular formula is C21H20N2O4. The van der Waals surface area contributed by atoms with Crippen LogP contribution in [0.2, 0.25) is 0 Å². The highest BCUT2D eigenvalue weighted by Gasteiger charge is 2.13. The molecule has 0 aliphatic carbocycles. The number of amides is 2. The van der Waals surface area contributed by atoms with Gasteiger partial charge in [-0.2, -0.15) is 0 Å². The third-order valence-corrected chi connectivity index (χ3v) is 3.94. The normalized spacial score (nSPS) is 10.4. The minimum atomic E-state index is -0.431. The molecule has 0 saturated heterocycles. The molecule has 3 rings (SSSR count). The Hall–Kier alpha value is -3.54. The largest absolute Gasteiger partial charge is 0.507 e. The fourth-order valence-electron chi connectivity index (χ4n) is 2.67. The van der Waals surface area contributed by atoms with E-state index >= 15 is 0 Å². The van der Waals surface area contributed by atoms with Gasteiger partial charge in [-0.25, -0.2) is 0 Å². The lowest BCUT2D eigenvalue weighted by Crippen LogP contribution is -2.28. The van der Waals surface area contributed by atoms with Crippen LogP contribution in [-0.2, 0) is 4.79 Å². The Bertz CT molecular complexity index is 985. The molecule has 2 amide bonds. The standard InChI is InChI=1S/C21H20N2O4/c1-2-22-20(25)13-27-17-9-5-8-16(12-17)23-21(26)18-10-14-6-3-4-7-15(14)11-19(18)24/h3-12,24H,2,13H2,1H3,(H,22,25)(H,23,26). The molecule has 3 aromatic rings. The Balaban J connectivity index is 1.73. The number of phenols is 1. The molecule has 0 aliphatic rings. The van der Waals surface area contributed by atoms with E-state index in [1.807, 2.05) is 31.2 Å². The van der Waals surface area contributed by atoms with Crippen molar-refractivity contribution in [1.29, 1.82) is 0 Å². The maximum atomic E-state index is 12.6. The number of hydrogen-bond acceptors (Lipinski definition) is 4.